The number of amides is 1. The predicted octanol–water partition coefficient (Wildman–Crippen LogP) is 7.26. The smallest absolute Gasteiger partial charge is 0.325 e. The largest absolute Gasteiger partial charge is 0.419 e. The first kappa shape index (κ1) is 28.4. The van der Waals surface area contributed by atoms with Crippen LogP contribution in [0.15, 0.2) is 60.7 Å². The highest BCUT2D eigenvalue weighted by atomic mass is 19.4. The molecule has 0 atom stereocenters. The van der Waals surface area contributed by atoms with E-state index in [1.165, 1.54) is 24.0 Å². The Kier molecular flexibility index (Phi) is 7.54. The van der Waals surface area contributed by atoms with Gasteiger partial charge in [-0.25, -0.2) is 9.24 Å². The Labute approximate surface area is 242 Å². The van der Waals surface area contributed by atoms with Crippen molar-refractivity contribution >= 4 is 17.3 Å². The van der Waals surface area contributed by atoms with Crippen LogP contribution in [0, 0.1) is 18.3 Å². The number of hydrogen-bond donors (Lipinski definition) is 1. The lowest BCUT2D eigenvalue weighted by Crippen LogP contribution is -2.58. The summed E-state index contributed by atoms with van der Waals surface area (Å²) in [4.78, 5) is 21.5. The van der Waals surface area contributed by atoms with E-state index in [4.69, 9.17) is 6.57 Å². The van der Waals surface area contributed by atoms with Crippen molar-refractivity contribution in [1.29, 1.82) is 0 Å². The fourth-order valence-electron chi connectivity index (χ4n) is 6.61. The molecule has 9 heteroatoms. The normalized spacial score (nSPS) is 18.8. The minimum absolute atomic E-state index is 0.0234. The quantitative estimate of drug-likeness (QED) is 0.248. The lowest BCUT2D eigenvalue weighted by molar-refractivity contribution is -0.140. The summed E-state index contributed by atoms with van der Waals surface area (Å²) in [6.45, 7) is 10.9. The maximum absolute atomic E-state index is 13.8. The molecule has 1 amide bonds. The minimum atomic E-state index is -4.85. The molecular weight excluding hydrogens is 544 g/mol. The van der Waals surface area contributed by atoms with E-state index in [0.29, 0.717) is 18.3 Å². The van der Waals surface area contributed by atoms with Crippen LogP contribution in [-0.4, -0.2) is 48.4 Å². The number of nitrogens with one attached hydrogen (secondary N) is 1. The van der Waals surface area contributed by atoms with Gasteiger partial charge in [0.1, 0.15) is 5.82 Å². The van der Waals surface area contributed by atoms with Gasteiger partial charge in [0, 0.05) is 37.4 Å². The highest BCUT2D eigenvalue weighted by Gasteiger charge is 2.46. The SMILES string of the molecule is [C-]#[N+]c1cccc(-c2ccc3c(c2)CCN(CC(=O)Nc2ccc(F)c(C(F)(F)F)c2)C32CCN(CC3CC3)CC2)c1. The molecule has 3 aromatic rings. The number of benzene rings is 3. The van der Waals surface area contributed by atoms with Crippen LogP contribution >= 0.6 is 0 Å². The predicted molar refractivity (Wildman–Crippen MR) is 154 cm³/mol. The molecule has 2 fully saturated rings. The molecule has 2 heterocycles. The fourth-order valence-corrected chi connectivity index (χ4v) is 6.61. The number of halogens is 4. The van der Waals surface area contributed by atoms with E-state index in [2.05, 4.69) is 38.2 Å². The zero-order valence-corrected chi connectivity index (χ0v) is 23.2. The maximum atomic E-state index is 13.8. The van der Waals surface area contributed by atoms with Gasteiger partial charge in [0.15, 0.2) is 5.69 Å². The molecule has 5 nitrogen and oxygen atoms in total. The van der Waals surface area contributed by atoms with Crippen molar-refractivity contribution in [3.8, 4) is 11.1 Å². The van der Waals surface area contributed by atoms with Gasteiger partial charge < -0.3 is 10.2 Å². The molecule has 1 N–H and O–H groups in total. The third kappa shape index (κ3) is 5.79. The van der Waals surface area contributed by atoms with Gasteiger partial charge in [-0.15, -0.1) is 0 Å². The van der Waals surface area contributed by atoms with Crippen molar-refractivity contribution in [3.63, 3.8) is 0 Å². The molecule has 1 saturated heterocycles. The molecule has 0 bridgehead atoms. The van der Waals surface area contributed by atoms with Crippen molar-refractivity contribution in [3.05, 3.63) is 94.6 Å². The van der Waals surface area contributed by atoms with Crippen LogP contribution in [0.5, 0.6) is 0 Å². The van der Waals surface area contributed by atoms with E-state index in [0.717, 1.165) is 68.1 Å². The second kappa shape index (κ2) is 11.2. The van der Waals surface area contributed by atoms with Gasteiger partial charge in [0.2, 0.25) is 5.91 Å². The Bertz CT molecular complexity index is 1530. The Morgan fingerprint density at radius 1 is 1.00 bits per heavy atom. The summed E-state index contributed by atoms with van der Waals surface area (Å²) < 4.78 is 53.5. The average molecular weight is 577 g/mol. The molecular formula is C33H32F4N4O. The van der Waals surface area contributed by atoms with Gasteiger partial charge in [-0.05, 0) is 84.5 Å². The molecule has 3 aromatic carbocycles. The van der Waals surface area contributed by atoms with Crippen molar-refractivity contribution in [2.75, 3.05) is 38.0 Å². The van der Waals surface area contributed by atoms with E-state index in [-0.39, 0.29) is 17.8 Å². The number of nitrogens with zero attached hydrogens (tertiary/aromatic N) is 3. The Hall–Kier alpha value is -3.74. The highest BCUT2D eigenvalue weighted by molar-refractivity contribution is 5.92. The third-order valence-electron chi connectivity index (χ3n) is 8.96. The molecule has 1 spiro atoms. The van der Waals surface area contributed by atoms with E-state index in [9.17, 15) is 22.4 Å². The number of likely N-dealkylation sites (tertiary alicyclic amines) is 1. The second-order valence-electron chi connectivity index (χ2n) is 11.7. The van der Waals surface area contributed by atoms with E-state index < -0.39 is 23.5 Å². The zero-order valence-electron chi connectivity index (χ0n) is 23.2. The van der Waals surface area contributed by atoms with Crippen molar-refractivity contribution < 1.29 is 22.4 Å². The number of alkyl halides is 3. The average Bonchev–Trinajstić information content (AvgIpc) is 3.80. The number of carbonyl (C=O) groups excluding carboxylic acids is 1. The van der Waals surface area contributed by atoms with Crippen LogP contribution in [0.3, 0.4) is 0 Å². The van der Waals surface area contributed by atoms with Crippen LogP contribution in [-0.2, 0) is 22.9 Å². The van der Waals surface area contributed by atoms with Gasteiger partial charge in [0.05, 0.1) is 18.7 Å². The van der Waals surface area contributed by atoms with Crippen LogP contribution in [0.4, 0.5) is 28.9 Å². The van der Waals surface area contributed by atoms with E-state index in [1.807, 2.05) is 18.2 Å². The topological polar surface area (TPSA) is 39.9 Å². The van der Waals surface area contributed by atoms with Crippen LogP contribution in [0.1, 0.15) is 42.4 Å². The van der Waals surface area contributed by atoms with Crippen LogP contribution in [0.2, 0.25) is 0 Å². The Balaban J connectivity index is 1.26. The van der Waals surface area contributed by atoms with Gasteiger partial charge in [-0.1, -0.05) is 36.4 Å². The molecule has 1 aliphatic carbocycles. The highest BCUT2D eigenvalue weighted by Crippen LogP contribution is 2.45. The summed E-state index contributed by atoms with van der Waals surface area (Å²) in [6, 6.07) is 16.5. The first-order chi connectivity index (χ1) is 20.1. The number of rotatable bonds is 6. The van der Waals surface area contributed by atoms with Crippen molar-refractivity contribution in [1.82, 2.24) is 9.80 Å². The van der Waals surface area contributed by atoms with Gasteiger partial charge in [0.25, 0.3) is 0 Å². The van der Waals surface area contributed by atoms with E-state index >= 15 is 0 Å². The molecule has 0 aromatic heterocycles. The lowest BCUT2D eigenvalue weighted by atomic mass is 9.73. The van der Waals surface area contributed by atoms with Crippen LogP contribution in [0.25, 0.3) is 16.0 Å². The van der Waals surface area contributed by atoms with Crippen molar-refractivity contribution in [2.24, 2.45) is 5.92 Å². The molecule has 0 radical (unpaired) electrons. The number of hydrogen-bond acceptors (Lipinski definition) is 3. The monoisotopic (exact) mass is 576 g/mol. The zero-order chi connectivity index (χ0) is 29.5. The summed E-state index contributed by atoms with van der Waals surface area (Å²) in [5.41, 5.74) is 3.19. The molecule has 3 aliphatic rings. The summed E-state index contributed by atoms with van der Waals surface area (Å²) in [7, 11) is 0. The first-order valence-electron chi connectivity index (χ1n) is 14.4. The number of anilines is 1. The fraction of sp³-hybridized carbons (Fsp3) is 0.394. The Morgan fingerprint density at radius 2 is 1.76 bits per heavy atom. The number of fused-ring (bicyclic) bond motifs is 2. The number of piperidine rings is 1. The third-order valence-corrected chi connectivity index (χ3v) is 8.96. The summed E-state index contributed by atoms with van der Waals surface area (Å²) in [5.74, 6) is -1.01. The van der Waals surface area contributed by atoms with Crippen LogP contribution < -0.4 is 5.32 Å². The first-order valence-corrected chi connectivity index (χ1v) is 14.4. The maximum Gasteiger partial charge on any atom is 0.419 e. The molecule has 1 saturated carbocycles. The minimum Gasteiger partial charge on any atom is -0.325 e. The molecule has 2 aliphatic heterocycles. The Morgan fingerprint density at radius 3 is 2.48 bits per heavy atom. The second-order valence-corrected chi connectivity index (χ2v) is 11.7. The van der Waals surface area contributed by atoms with Gasteiger partial charge in [-0.3, -0.25) is 9.69 Å². The molecule has 0 unspecified atom stereocenters. The molecule has 6 rings (SSSR count). The van der Waals surface area contributed by atoms with Gasteiger partial charge >= 0.3 is 6.18 Å². The molecule has 42 heavy (non-hydrogen) atoms. The van der Waals surface area contributed by atoms with Crippen molar-refractivity contribution in [2.45, 2.75) is 43.8 Å². The summed E-state index contributed by atoms with van der Waals surface area (Å²) in [5, 5.41) is 2.58. The van der Waals surface area contributed by atoms with Gasteiger partial charge in [-0.2, -0.15) is 13.2 Å². The standard InChI is InChI=1S/C33H32F4N4O/c1-38-26-4-2-3-23(18-26)24-7-9-28-25(17-24)11-14-41(32(28)12-15-40(16-13-32)20-22-5-6-22)21-31(42)39-27-8-10-30(34)29(19-27)33(35,36)37/h2-4,7-10,17-19,22H,5-6,11-16,20-21H2,(H,39,42). The molecule has 218 valence electrons. The lowest BCUT2D eigenvalue weighted by Gasteiger charge is -2.52. The summed E-state index contributed by atoms with van der Waals surface area (Å²) in [6.07, 6.45) is 0.140. The number of carbonyl (C=O) groups is 1. The van der Waals surface area contributed by atoms with E-state index in [1.54, 1.807) is 6.07 Å². The summed E-state index contributed by atoms with van der Waals surface area (Å²) >= 11 is 0.